The number of nitrogens with one attached hydrogen (secondary N) is 1. The first-order chi connectivity index (χ1) is 14.1. The lowest BCUT2D eigenvalue weighted by atomic mass is 9.96. The Morgan fingerprint density at radius 3 is 2.86 bits per heavy atom. The van der Waals surface area contributed by atoms with Gasteiger partial charge < -0.3 is 14.7 Å². The third-order valence-corrected chi connectivity index (χ3v) is 5.58. The number of hydrogen-bond donors (Lipinski definition) is 1. The van der Waals surface area contributed by atoms with Crippen LogP contribution < -0.4 is 10.2 Å². The Balaban J connectivity index is 1.58. The number of piperidine rings is 1. The van der Waals surface area contributed by atoms with Gasteiger partial charge in [0.05, 0.1) is 11.6 Å². The van der Waals surface area contributed by atoms with Crippen LogP contribution in [0.15, 0.2) is 28.8 Å². The molecular formula is C22H27N5O2. The van der Waals surface area contributed by atoms with Crippen LogP contribution in [0.2, 0.25) is 0 Å². The molecule has 1 saturated heterocycles. The Labute approximate surface area is 170 Å². The van der Waals surface area contributed by atoms with E-state index >= 15 is 0 Å². The molecule has 1 N–H and O–H groups in total. The number of carbonyl (C=O) groups excluding carboxylic acids is 1. The summed E-state index contributed by atoms with van der Waals surface area (Å²) >= 11 is 0. The van der Waals surface area contributed by atoms with Crippen molar-refractivity contribution in [2.24, 2.45) is 5.92 Å². The van der Waals surface area contributed by atoms with Crippen molar-refractivity contribution in [1.29, 1.82) is 0 Å². The van der Waals surface area contributed by atoms with E-state index in [0.717, 1.165) is 60.4 Å². The molecule has 1 atom stereocenters. The SMILES string of the molecule is CCc1ccccc1NC(=O)[C@@H]1CCCN(c2nc(C)nc3onc(CC)c23)C1. The van der Waals surface area contributed by atoms with Crippen molar-refractivity contribution in [1.82, 2.24) is 15.1 Å². The molecule has 3 aromatic rings. The molecule has 1 amide bonds. The standard InChI is InChI=1S/C22H27N5O2/c1-4-15-9-6-7-11-18(15)25-21(28)16-10-8-12-27(13-16)20-19-17(5-2)26-29-22(19)24-14(3)23-20/h6-7,9,11,16H,4-5,8,10,12-13H2,1-3H3,(H,25,28)/t16-/m1/s1. The summed E-state index contributed by atoms with van der Waals surface area (Å²) in [6.45, 7) is 7.47. The lowest BCUT2D eigenvalue weighted by Gasteiger charge is -2.33. The number of para-hydroxylation sites is 1. The smallest absolute Gasteiger partial charge is 0.263 e. The van der Waals surface area contributed by atoms with E-state index in [1.165, 1.54) is 0 Å². The Bertz CT molecular complexity index is 1030. The molecule has 1 aromatic carbocycles. The lowest BCUT2D eigenvalue weighted by molar-refractivity contribution is -0.120. The molecule has 2 aromatic heterocycles. The van der Waals surface area contributed by atoms with E-state index in [1.54, 1.807) is 0 Å². The molecule has 1 aliphatic rings. The van der Waals surface area contributed by atoms with Gasteiger partial charge in [-0.25, -0.2) is 4.98 Å². The third-order valence-electron chi connectivity index (χ3n) is 5.58. The van der Waals surface area contributed by atoms with Gasteiger partial charge in [0.1, 0.15) is 17.0 Å². The Kier molecular flexibility index (Phi) is 5.47. The van der Waals surface area contributed by atoms with Crippen LogP contribution in [0.5, 0.6) is 0 Å². The highest BCUT2D eigenvalue weighted by molar-refractivity contribution is 5.94. The van der Waals surface area contributed by atoms with Gasteiger partial charge in [0.15, 0.2) is 0 Å². The van der Waals surface area contributed by atoms with Crippen LogP contribution in [0.4, 0.5) is 11.5 Å². The van der Waals surface area contributed by atoms with Crippen LogP contribution in [-0.2, 0) is 17.6 Å². The number of fused-ring (bicyclic) bond motifs is 1. The lowest BCUT2D eigenvalue weighted by Crippen LogP contribution is -2.41. The first kappa shape index (κ1) is 19.4. The molecule has 0 aliphatic carbocycles. The highest BCUT2D eigenvalue weighted by atomic mass is 16.5. The number of amides is 1. The third kappa shape index (κ3) is 3.81. The summed E-state index contributed by atoms with van der Waals surface area (Å²) in [6.07, 6.45) is 3.44. The largest absolute Gasteiger partial charge is 0.355 e. The minimum atomic E-state index is -0.0936. The normalized spacial score (nSPS) is 16.9. The van der Waals surface area contributed by atoms with Gasteiger partial charge >= 0.3 is 0 Å². The van der Waals surface area contributed by atoms with E-state index in [0.29, 0.717) is 18.1 Å². The minimum Gasteiger partial charge on any atom is -0.355 e. The fourth-order valence-corrected chi connectivity index (χ4v) is 4.03. The zero-order valence-corrected chi connectivity index (χ0v) is 17.2. The zero-order valence-electron chi connectivity index (χ0n) is 17.2. The summed E-state index contributed by atoms with van der Waals surface area (Å²) in [5, 5.41) is 8.17. The number of aromatic nitrogens is 3. The second kappa shape index (κ2) is 8.19. The van der Waals surface area contributed by atoms with E-state index in [4.69, 9.17) is 9.51 Å². The predicted molar refractivity (Wildman–Crippen MR) is 113 cm³/mol. The van der Waals surface area contributed by atoms with Crippen molar-refractivity contribution < 1.29 is 9.32 Å². The van der Waals surface area contributed by atoms with Crippen LogP contribution in [-0.4, -0.2) is 34.1 Å². The highest BCUT2D eigenvalue weighted by Gasteiger charge is 2.29. The summed E-state index contributed by atoms with van der Waals surface area (Å²) in [5.74, 6) is 1.45. The quantitative estimate of drug-likeness (QED) is 0.708. The van der Waals surface area contributed by atoms with Crippen molar-refractivity contribution in [2.45, 2.75) is 46.5 Å². The number of rotatable bonds is 5. The summed E-state index contributed by atoms with van der Waals surface area (Å²) in [6, 6.07) is 7.99. The number of carbonyl (C=O) groups is 1. The minimum absolute atomic E-state index is 0.0682. The van der Waals surface area contributed by atoms with Crippen molar-refractivity contribution in [3.63, 3.8) is 0 Å². The van der Waals surface area contributed by atoms with Crippen molar-refractivity contribution >= 4 is 28.5 Å². The van der Waals surface area contributed by atoms with Crippen LogP contribution in [0.3, 0.4) is 0 Å². The topological polar surface area (TPSA) is 84.2 Å². The molecule has 7 nitrogen and oxygen atoms in total. The highest BCUT2D eigenvalue weighted by Crippen LogP contribution is 2.31. The molecule has 0 radical (unpaired) electrons. The van der Waals surface area contributed by atoms with Crippen molar-refractivity contribution in [2.75, 3.05) is 23.3 Å². The van der Waals surface area contributed by atoms with Gasteiger partial charge in [0, 0.05) is 18.8 Å². The average molecular weight is 393 g/mol. The van der Waals surface area contributed by atoms with E-state index in [2.05, 4.69) is 33.3 Å². The van der Waals surface area contributed by atoms with Gasteiger partial charge in [-0.05, 0) is 44.2 Å². The number of nitrogens with zero attached hydrogens (tertiary/aromatic N) is 4. The number of benzene rings is 1. The van der Waals surface area contributed by atoms with Crippen molar-refractivity contribution in [3.05, 3.63) is 41.3 Å². The first-order valence-corrected chi connectivity index (χ1v) is 10.4. The molecule has 29 heavy (non-hydrogen) atoms. The van der Waals surface area contributed by atoms with Crippen LogP contribution in [0.1, 0.15) is 43.8 Å². The molecule has 0 saturated carbocycles. The monoisotopic (exact) mass is 393 g/mol. The Morgan fingerprint density at radius 1 is 1.24 bits per heavy atom. The Hall–Kier alpha value is -2.96. The fraction of sp³-hybridized carbons (Fsp3) is 0.455. The summed E-state index contributed by atoms with van der Waals surface area (Å²) in [7, 11) is 0. The van der Waals surface area contributed by atoms with E-state index in [1.807, 2.05) is 32.0 Å². The van der Waals surface area contributed by atoms with Gasteiger partial charge in [-0.2, -0.15) is 4.98 Å². The molecular weight excluding hydrogens is 366 g/mol. The first-order valence-electron chi connectivity index (χ1n) is 10.4. The second-order valence-corrected chi connectivity index (χ2v) is 7.54. The van der Waals surface area contributed by atoms with Gasteiger partial charge in [-0.1, -0.05) is 37.2 Å². The molecule has 7 heteroatoms. The Morgan fingerprint density at radius 2 is 2.07 bits per heavy atom. The van der Waals surface area contributed by atoms with Gasteiger partial charge in [0.25, 0.3) is 5.71 Å². The van der Waals surface area contributed by atoms with Gasteiger partial charge in [-0.3, -0.25) is 4.79 Å². The zero-order chi connectivity index (χ0) is 20.4. The molecule has 4 rings (SSSR count). The summed E-state index contributed by atoms with van der Waals surface area (Å²) in [4.78, 5) is 24.3. The van der Waals surface area contributed by atoms with E-state index in [-0.39, 0.29) is 11.8 Å². The van der Waals surface area contributed by atoms with Gasteiger partial charge in [0.2, 0.25) is 5.91 Å². The fourth-order valence-electron chi connectivity index (χ4n) is 4.03. The number of hydrogen-bond acceptors (Lipinski definition) is 6. The summed E-state index contributed by atoms with van der Waals surface area (Å²) < 4.78 is 5.42. The van der Waals surface area contributed by atoms with Crippen LogP contribution in [0.25, 0.3) is 11.1 Å². The van der Waals surface area contributed by atoms with Crippen LogP contribution in [0, 0.1) is 12.8 Å². The maximum atomic E-state index is 13.0. The molecule has 3 heterocycles. The molecule has 0 unspecified atom stereocenters. The molecule has 0 spiro atoms. The summed E-state index contributed by atoms with van der Waals surface area (Å²) in [5.41, 5.74) is 3.44. The maximum Gasteiger partial charge on any atom is 0.263 e. The van der Waals surface area contributed by atoms with Crippen LogP contribution >= 0.6 is 0 Å². The molecule has 0 bridgehead atoms. The molecule has 1 fully saturated rings. The second-order valence-electron chi connectivity index (χ2n) is 7.54. The number of aryl methyl sites for hydroxylation is 3. The van der Waals surface area contributed by atoms with Crippen molar-refractivity contribution in [3.8, 4) is 0 Å². The average Bonchev–Trinajstić information content (AvgIpc) is 3.16. The van der Waals surface area contributed by atoms with E-state index in [9.17, 15) is 4.79 Å². The van der Waals surface area contributed by atoms with E-state index < -0.39 is 0 Å². The van der Waals surface area contributed by atoms with Gasteiger partial charge in [-0.15, -0.1) is 0 Å². The molecule has 1 aliphatic heterocycles. The predicted octanol–water partition coefficient (Wildman–Crippen LogP) is 3.91. The maximum absolute atomic E-state index is 13.0. The number of anilines is 2. The molecule has 152 valence electrons.